The van der Waals surface area contributed by atoms with Gasteiger partial charge in [-0.05, 0) is 74.9 Å². The molecule has 1 fully saturated rings. The third-order valence-corrected chi connectivity index (χ3v) is 5.58. The van der Waals surface area contributed by atoms with Gasteiger partial charge >= 0.3 is 0 Å². The highest BCUT2D eigenvalue weighted by Crippen LogP contribution is 2.27. The molecular weight excluding hydrogens is 362 g/mol. The molecule has 0 aromatic heterocycles. The van der Waals surface area contributed by atoms with Crippen LogP contribution in [0.15, 0.2) is 36.4 Å². The monoisotopic (exact) mass is 393 g/mol. The number of carbonyl (C=O) groups is 2. The summed E-state index contributed by atoms with van der Waals surface area (Å²) in [6.07, 6.45) is 2.56. The minimum absolute atomic E-state index is 0.0145. The van der Waals surface area contributed by atoms with Crippen molar-refractivity contribution in [3.63, 3.8) is 0 Å². The Morgan fingerprint density at radius 2 is 1.66 bits per heavy atom. The van der Waals surface area contributed by atoms with Gasteiger partial charge in [0.1, 0.15) is 0 Å². The standard InChI is InChI=1S/C24H31N3O2/c1-16-8-9-18(3)22(14-16)26-24(29)15-27(20-10-11-20)13-12-23(28)25-21-7-5-6-17(2)19(21)4/h5-9,14,20H,10-13,15H2,1-4H3,(H,25,28)(H,26,29). The van der Waals surface area contributed by atoms with E-state index in [4.69, 9.17) is 0 Å². The Balaban J connectivity index is 1.53. The maximum atomic E-state index is 12.6. The van der Waals surface area contributed by atoms with Crippen LogP contribution in [0, 0.1) is 27.7 Å². The number of nitrogens with one attached hydrogen (secondary N) is 2. The fourth-order valence-electron chi connectivity index (χ4n) is 3.42. The van der Waals surface area contributed by atoms with Crippen LogP contribution in [-0.4, -0.2) is 35.8 Å². The molecule has 0 atom stereocenters. The Labute approximate surface area is 173 Å². The van der Waals surface area contributed by atoms with E-state index in [-0.39, 0.29) is 11.8 Å². The first-order chi connectivity index (χ1) is 13.8. The van der Waals surface area contributed by atoms with Gasteiger partial charge in [0.25, 0.3) is 0 Å². The molecule has 0 unspecified atom stereocenters. The topological polar surface area (TPSA) is 61.4 Å². The molecule has 0 aliphatic heterocycles. The van der Waals surface area contributed by atoms with E-state index in [1.54, 1.807) is 0 Å². The summed E-state index contributed by atoms with van der Waals surface area (Å²) in [7, 11) is 0. The highest BCUT2D eigenvalue weighted by atomic mass is 16.2. The molecule has 2 N–H and O–H groups in total. The van der Waals surface area contributed by atoms with E-state index < -0.39 is 0 Å². The van der Waals surface area contributed by atoms with Gasteiger partial charge in [0.05, 0.1) is 6.54 Å². The van der Waals surface area contributed by atoms with E-state index in [0.29, 0.717) is 25.6 Å². The van der Waals surface area contributed by atoms with Crippen LogP contribution in [0.4, 0.5) is 11.4 Å². The van der Waals surface area contributed by atoms with Crippen molar-refractivity contribution in [2.75, 3.05) is 23.7 Å². The lowest BCUT2D eigenvalue weighted by atomic mass is 10.1. The van der Waals surface area contributed by atoms with Crippen molar-refractivity contribution < 1.29 is 9.59 Å². The van der Waals surface area contributed by atoms with Crippen molar-refractivity contribution >= 4 is 23.2 Å². The normalized spacial score (nSPS) is 13.4. The van der Waals surface area contributed by atoms with Gasteiger partial charge in [0.15, 0.2) is 0 Å². The van der Waals surface area contributed by atoms with Crippen LogP contribution in [0.25, 0.3) is 0 Å². The summed E-state index contributed by atoms with van der Waals surface area (Å²) in [6.45, 7) is 8.95. The predicted molar refractivity (Wildman–Crippen MR) is 118 cm³/mol. The quantitative estimate of drug-likeness (QED) is 0.701. The van der Waals surface area contributed by atoms with Crippen LogP contribution in [0.2, 0.25) is 0 Å². The summed E-state index contributed by atoms with van der Waals surface area (Å²) in [6, 6.07) is 12.4. The number of hydrogen-bond donors (Lipinski definition) is 2. The van der Waals surface area contributed by atoms with Crippen LogP contribution in [0.5, 0.6) is 0 Å². The molecule has 5 nitrogen and oxygen atoms in total. The summed E-state index contributed by atoms with van der Waals surface area (Å²) in [5, 5.41) is 6.03. The molecule has 29 heavy (non-hydrogen) atoms. The predicted octanol–water partition coefficient (Wildman–Crippen LogP) is 4.35. The van der Waals surface area contributed by atoms with E-state index in [2.05, 4.69) is 15.5 Å². The van der Waals surface area contributed by atoms with E-state index >= 15 is 0 Å². The molecule has 5 heteroatoms. The minimum atomic E-state index is -0.0273. The number of aryl methyl sites for hydroxylation is 3. The van der Waals surface area contributed by atoms with E-state index in [1.807, 2.05) is 64.1 Å². The SMILES string of the molecule is Cc1ccc(C)c(NC(=O)CN(CCC(=O)Nc2cccc(C)c2C)C2CC2)c1. The van der Waals surface area contributed by atoms with Crippen molar-refractivity contribution in [3.8, 4) is 0 Å². The summed E-state index contributed by atoms with van der Waals surface area (Å²) in [5.41, 5.74) is 6.14. The zero-order valence-corrected chi connectivity index (χ0v) is 17.8. The number of amides is 2. The molecule has 3 rings (SSSR count). The number of carbonyl (C=O) groups excluding carboxylic acids is 2. The number of benzene rings is 2. The Hall–Kier alpha value is -2.66. The molecule has 1 aliphatic carbocycles. The molecule has 1 saturated carbocycles. The number of anilines is 2. The Morgan fingerprint density at radius 1 is 0.931 bits per heavy atom. The van der Waals surface area contributed by atoms with Crippen molar-refractivity contribution in [1.29, 1.82) is 0 Å². The molecule has 0 spiro atoms. The number of hydrogen-bond acceptors (Lipinski definition) is 3. The van der Waals surface area contributed by atoms with Gasteiger partial charge in [0.2, 0.25) is 11.8 Å². The molecule has 0 heterocycles. The number of nitrogens with zero attached hydrogens (tertiary/aromatic N) is 1. The van der Waals surface area contributed by atoms with Gasteiger partial charge in [0, 0.05) is 30.4 Å². The van der Waals surface area contributed by atoms with Gasteiger partial charge in [-0.25, -0.2) is 0 Å². The maximum absolute atomic E-state index is 12.6. The second-order valence-electron chi connectivity index (χ2n) is 8.11. The smallest absolute Gasteiger partial charge is 0.238 e. The van der Waals surface area contributed by atoms with E-state index in [0.717, 1.165) is 46.5 Å². The molecule has 0 saturated heterocycles. The Bertz CT molecular complexity index is 903. The van der Waals surface area contributed by atoms with Crippen molar-refractivity contribution in [1.82, 2.24) is 4.90 Å². The minimum Gasteiger partial charge on any atom is -0.326 e. The van der Waals surface area contributed by atoms with Crippen LogP contribution < -0.4 is 10.6 Å². The maximum Gasteiger partial charge on any atom is 0.238 e. The highest BCUT2D eigenvalue weighted by molar-refractivity contribution is 5.93. The molecule has 1 aliphatic rings. The summed E-state index contributed by atoms with van der Waals surface area (Å²) in [5.74, 6) is -0.0418. The molecule has 2 amide bonds. The highest BCUT2D eigenvalue weighted by Gasteiger charge is 2.30. The third-order valence-electron chi connectivity index (χ3n) is 5.58. The van der Waals surface area contributed by atoms with Crippen molar-refractivity contribution in [3.05, 3.63) is 58.7 Å². The van der Waals surface area contributed by atoms with Gasteiger partial charge in [-0.3, -0.25) is 14.5 Å². The van der Waals surface area contributed by atoms with Gasteiger partial charge in [-0.15, -0.1) is 0 Å². The van der Waals surface area contributed by atoms with Crippen LogP contribution in [0.3, 0.4) is 0 Å². The lowest BCUT2D eigenvalue weighted by Crippen LogP contribution is -2.37. The summed E-state index contributed by atoms with van der Waals surface area (Å²) < 4.78 is 0. The first kappa shape index (κ1) is 21.1. The Morgan fingerprint density at radius 3 is 2.38 bits per heavy atom. The first-order valence-electron chi connectivity index (χ1n) is 10.3. The van der Waals surface area contributed by atoms with Gasteiger partial charge in [-0.2, -0.15) is 0 Å². The molecule has 0 radical (unpaired) electrons. The van der Waals surface area contributed by atoms with Crippen LogP contribution in [0.1, 0.15) is 41.5 Å². The van der Waals surface area contributed by atoms with Gasteiger partial charge < -0.3 is 10.6 Å². The Kier molecular flexibility index (Phi) is 6.70. The first-order valence-corrected chi connectivity index (χ1v) is 10.3. The van der Waals surface area contributed by atoms with E-state index in [9.17, 15) is 9.59 Å². The largest absolute Gasteiger partial charge is 0.326 e. The number of rotatable bonds is 8. The third kappa shape index (κ3) is 5.91. The van der Waals surface area contributed by atoms with Crippen molar-refractivity contribution in [2.45, 2.75) is 53.0 Å². The summed E-state index contributed by atoms with van der Waals surface area (Å²) >= 11 is 0. The average molecular weight is 394 g/mol. The zero-order valence-electron chi connectivity index (χ0n) is 17.8. The fraction of sp³-hybridized carbons (Fsp3) is 0.417. The average Bonchev–Trinajstić information content (AvgIpc) is 3.50. The molecule has 2 aromatic carbocycles. The fourth-order valence-corrected chi connectivity index (χ4v) is 3.42. The zero-order chi connectivity index (χ0) is 21.0. The summed E-state index contributed by atoms with van der Waals surface area (Å²) in [4.78, 5) is 27.2. The second kappa shape index (κ2) is 9.23. The molecule has 2 aromatic rings. The van der Waals surface area contributed by atoms with Crippen LogP contribution >= 0.6 is 0 Å². The molecule has 154 valence electrons. The van der Waals surface area contributed by atoms with Crippen molar-refractivity contribution in [2.24, 2.45) is 0 Å². The molecular formula is C24H31N3O2. The van der Waals surface area contributed by atoms with E-state index in [1.165, 1.54) is 0 Å². The van der Waals surface area contributed by atoms with Gasteiger partial charge in [-0.1, -0.05) is 24.3 Å². The second-order valence-corrected chi connectivity index (χ2v) is 8.11. The lowest BCUT2D eigenvalue weighted by Gasteiger charge is -2.21. The van der Waals surface area contributed by atoms with Crippen LogP contribution in [-0.2, 0) is 9.59 Å². The molecule has 0 bridgehead atoms. The lowest BCUT2D eigenvalue weighted by molar-refractivity contribution is -0.119.